The second-order valence-electron chi connectivity index (χ2n) is 3.55. The zero-order valence-corrected chi connectivity index (χ0v) is 9.11. The molecule has 0 bridgehead atoms. The molecule has 1 N–H and O–H groups in total. The van der Waals surface area contributed by atoms with Gasteiger partial charge in [-0.3, -0.25) is 4.21 Å². The Bertz CT molecular complexity index is 191. The summed E-state index contributed by atoms with van der Waals surface area (Å²) < 4.78 is 10.8. The fourth-order valence-electron chi connectivity index (χ4n) is 1.55. The second kappa shape index (κ2) is 6.33. The highest BCUT2D eigenvalue weighted by molar-refractivity contribution is 7.84. The highest BCUT2D eigenvalue weighted by atomic mass is 32.2. The number of rotatable bonds is 5. The van der Waals surface area contributed by atoms with Crippen molar-refractivity contribution < 1.29 is 4.21 Å². The van der Waals surface area contributed by atoms with Crippen LogP contribution in [0.1, 0.15) is 25.7 Å². The largest absolute Gasteiger partial charge is 0.310 e. The molecule has 2 unspecified atom stereocenters. The summed E-state index contributed by atoms with van der Waals surface area (Å²) in [4.78, 5) is 0. The molecule has 2 atom stereocenters. The van der Waals surface area contributed by atoms with Gasteiger partial charge in [-0.2, -0.15) is 0 Å². The molecule has 0 aromatic rings. The molecule has 2 nitrogen and oxygen atoms in total. The molecule has 0 aromatic carbocycles. The molecule has 0 aromatic heterocycles. The van der Waals surface area contributed by atoms with Gasteiger partial charge >= 0.3 is 0 Å². The van der Waals surface area contributed by atoms with E-state index in [4.69, 9.17) is 0 Å². The Labute approximate surface area is 83.3 Å². The van der Waals surface area contributed by atoms with Gasteiger partial charge in [0.1, 0.15) is 0 Å². The van der Waals surface area contributed by atoms with Crippen molar-refractivity contribution in [1.29, 1.82) is 0 Å². The lowest BCUT2D eigenvalue weighted by Gasteiger charge is -2.17. The van der Waals surface area contributed by atoms with Gasteiger partial charge in [0.15, 0.2) is 0 Å². The van der Waals surface area contributed by atoms with Gasteiger partial charge in [-0.05, 0) is 32.2 Å². The summed E-state index contributed by atoms with van der Waals surface area (Å²) in [6, 6.07) is 0.569. The standard InChI is InChI=1S/C10H19NOS/c1-13(12)9-5-8-11-10-6-3-2-4-7-10/h3,6,10-11H,2,4-5,7-9H2,1H3. The molecule has 13 heavy (non-hydrogen) atoms. The first-order valence-corrected chi connectivity index (χ1v) is 6.72. The van der Waals surface area contributed by atoms with Crippen molar-refractivity contribution >= 4 is 10.8 Å². The molecular weight excluding hydrogens is 182 g/mol. The van der Waals surface area contributed by atoms with E-state index >= 15 is 0 Å². The minimum absolute atomic E-state index is 0.569. The quantitative estimate of drug-likeness (QED) is 0.539. The third-order valence-electron chi connectivity index (χ3n) is 2.27. The lowest BCUT2D eigenvalue weighted by Crippen LogP contribution is -2.29. The molecule has 1 aliphatic rings. The van der Waals surface area contributed by atoms with Gasteiger partial charge in [0.2, 0.25) is 0 Å². The van der Waals surface area contributed by atoms with Gasteiger partial charge in [-0.15, -0.1) is 0 Å². The normalized spacial score (nSPS) is 24.5. The van der Waals surface area contributed by atoms with Crippen molar-refractivity contribution in [3.63, 3.8) is 0 Å². The van der Waals surface area contributed by atoms with Crippen LogP contribution in [0.5, 0.6) is 0 Å². The first kappa shape index (κ1) is 10.9. The Kier molecular flexibility index (Phi) is 5.32. The zero-order valence-electron chi connectivity index (χ0n) is 8.29. The summed E-state index contributed by atoms with van der Waals surface area (Å²) >= 11 is 0. The Balaban J connectivity index is 2.01. The van der Waals surface area contributed by atoms with Crippen LogP contribution in [0.3, 0.4) is 0 Å². The molecule has 1 aliphatic carbocycles. The Morgan fingerprint density at radius 1 is 1.62 bits per heavy atom. The summed E-state index contributed by atoms with van der Waals surface area (Å²) in [6.07, 6.45) is 11.1. The van der Waals surface area contributed by atoms with Crippen LogP contribution in [-0.4, -0.2) is 28.8 Å². The molecule has 0 saturated carbocycles. The molecule has 0 aliphatic heterocycles. The van der Waals surface area contributed by atoms with Crippen molar-refractivity contribution in [3.8, 4) is 0 Å². The van der Waals surface area contributed by atoms with Gasteiger partial charge in [-0.1, -0.05) is 12.2 Å². The third-order valence-corrected chi connectivity index (χ3v) is 3.13. The molecule has 0 heterocycles. The Morgan fingerprint density at radius 2 is 2.46 bits per heavy atom. The molecule has 1 rings (SSSR count). The Hall–Kier alpha value is -0.150. The minimum atomic E-state index is -0.630. The van der Waals surface area contributed by atoms with Crippen LogP contribution < -0.4 is 5.32 Å². The number of hydrogen-bond acceptors (Lipinski definition) is 2. The summed E-state index contributed by atoms with van der Waals surface area (Å²) in [5.41, 5.74) is 0. The van der Waals surface area contributed by atoms with E-state index < -0.39 is 10.8 Å². The first-order valence-electron chi connectivity index (χ1n) is 4.99. The summed E-state index contributed by atoms with van der Waals surface area (Å²) in [7, 11) is -0.630. The average molecular weight is 201 g/mol. The second-order valence-corrected chi connectivity index (χ2v) is 5.11. The molecule has 0 fully saturated rings. The average Bonchev–Trinajstić information content (AvgIpc) is 2.14. The highest BCUT2D eigenvalue weighted by Crippen LogP contribution is 2.09. The SMILES string of the molecule is CS(=O)CCCNC1C=CCCC1. The minimum Gasteiger partial charge on any atom is -0.310 e. The van der Waals surface area contributed by atoms with E-state index in [2.05, 4.69) is 17.5 Å². The molecule has 0 amide bonds. The summed E-state index contributed by atoms with van der Waals surface area (Å²) in [5.74, 6) is 0.823. The Morgan fingerprint density at radius 3 is 3.08 bits per heavy atom. The molecule has 0 saturated heterocycles. The summed E-state index contributed by atoms with van der Waals surface area (Å²) in [5, 5.41) is 3.46. The third kappa shape index (κ3) is 5.21. The van der Waals surface area contributed by atoms with E-state index in [0.717, 1.165) is 18.7 Å². The van der Waals surface area contributed by atoms with E-state index in [9.17, 15) is 4.21 Å². The van der Waals surface area contributed by atoms with Gasteiger partial charge in [0.25, 0.3) is 0 Å². The van der Waals surface area contributed by atoms with E-state index in [-0.39, 0.29) is 0 Å². The lowest BCUT2D eigenvalue weighted by molar-refractivity contribution is 0.522. The van der Waals surface area contributed by atoms with Crippen molar-refractivity contribution in [2.75, 3.05) is 18.6 Å². The van der Waals surface area contributed by atoms with E-state index in [1.54, 1.807) is 6.26 Å². The van der Waals surface area contributed by atoms with E-state index in [0.29, 0.717) is 6.04 Å². The molecule has 3 heteroatoms. The van der Waals surface area contributed by atoms with Crippen molar-refractivity contribution in [3.05, 3.63) is 12.2 Å². The van der Waals surface area contributed by atoms with Crippen LogP contribution in [0.15, 0.2) is 12.2 Å². The lowest BCUT2D eigenvalue weighted by atomic mass is 10.0. The number of nitrogens with one attached hydrogen (secondary N) is 1. The summed E-state index contributed by atoms with van der Waals surface area (Å²) in [6.45, 7) is 0.995. The van der Waals surface area contributed by atoms with Crippen molar-refractivity contribution in [2.24, 2.45) is 0 Å². The highest BCUT2D eigenvalue weighted by Gasteiger charge is 2.06. The number of hydrogen-bond donors (Lipinski definition) is 1. The predicted octanol–water partition coefficient (Wildman–Crippen LogP) is 1.45. The van der Waals surface area contributed by atoms with Crippen LogP contribution in [0.4, 0.5) is 0 Å². The smallest absolute Gasteiger partial charge is 0.0250 e. The molecular formula is C10H19NOS. The maximum Gasteiger partial charge on any atom is 0.0250 e. The van der Waals surface area contributed by atoms with Crippen LogP contribution in [0.25, 0.3) is 0 Å². The number of allylic oxidation sites excluding steroid dienone is 1. The van der Waals surface area contributed by atoms with Crippen molar-refractivity contribution in [2.45, 2.75) is 31.7 Å². The van der Waals surface area contributed by atoms with Gasteiger partial charge in [0, 0.05) is 28.9 Å². The molecule has 76 valence electrons. The molecule has 0 radical (unpaired) electrons. The van der Waals surface area contributed by atoms with E-state index in [1.165, 1.54) is 19.3 Å². The maximum absolute atomic E-state index is 10.8. The van der Waals surface area contributed by atoms with Crippen LogP contribution >= 0.6 is 0 Å². The fourth-order valence-corrected chi connectivity index (χ4v) is 2.10. The van der Waals surface area contributed by atoms with Crippen LogP contribution in [0.2, 0.25) is 0 Å². The van der Waals surface area contributed by atoms with Gasteiger partial charge in [0.05, 0.1) is 0 Å². The zero-order chi connectivity index (χ0) is 9.52. The topological polar surface area (TPSA) is 29.1 Å². The van der Waals surface area contributed by atoms with E-state index in [1.807, 2.05) is 0 Å². The van der Waals surface area contributed by atoms with Crippen LogP contribution in [-0.2, 0) is 10.8 Å². The first-order chi connectivity index (χ1) is 6.29. The molecule has 0 spiro atoms. The van der Waals surface area contributed by atoms with Crippen molar-refractivity contribution in [1.82, 2.24) is 5.32 Å². The maximum atomic E-state index is 10.8. The van der Waals surface area contributed by atoms with Gasteiger partial charge in [-0.25, -0.2) is 0 Å². The fraction of sp³-hybridized carbons (Fsp3) is 0.800. The van der Waals surface area contributed by atoms with Gasteiger partial charge < -0.3 is 5.32 Å². The predicted molar refractivity (Wildman–Crippen MR) is 58.3 cm³/mol. The van der Waals surface area contributed by atoms with Crippen LogP contribution in [0, 0.1) is 0 Å². The monoisotopic (exact) mass is 201 g/mol.